The SMILES string of the molecule is CS(=O)(=O)N(C[C@@H](C(=O)NO)N1CCC(O)(c2ccc(Br)cc2)CC1)c1ccc(Oc2ccc(C(F)(F)F)cc2)cc1. The van der Waals surface area contributed by atoms with E-state index in [1.165, 1.54) is 36.4 Å². The number of hydroxylamine groups is 1. The summed E-state index contributed by atoms with van der Waals surface area (Å²) in [6.45, 7) is 0.172. The molecule has 4 rings (SSSR count). The Kier molecular flexibility index (Phi) is 9.52. The van der Waals surface area contributed by atoms with E-state index in [1.807, 2.05) is 24.3 Å². The van der Waals surface area contributed by atoms with Crippen molar-refractivity contribution < 1.29 is 41.4 Å². The Hall–Kier alpha value is -3.17. The fraction of sp³-hybridized carbons (Fsp3) is 0.321. The van der Waals surface area contributed by atoms with Crippen LogP contribution in [0.3, 0.4) is 0 Å². The smallest absolute Gasteiger partial charge is 0.416 e. The van der Waals surface area contributed by atoms with E-state index in [1.54, 1.807) is 10.4 Å². The highest BCUT2D eigenvalue weighted by molar-refractivity contribution is 9.10. The van der Waals surface area contributed by atoms with E-state index in [0.29, 0.717) is 0 Å². The number of nitrogens with one attached hydrogen (secondary N) is 1. The van der Waals surface area contributed by atoms with E-state index in [0.717, 1.165) is 32.7 Å². The number of aliphatic hydroxyl groups is 1. The molecule has 3 aromatic rings. The molecule has 226 valence electrons. The molecule has 42 heavy (non-hydrogen) atoms. The number of nitrogens with zero attached hydrogens (tertiary/aromatic N) is 2. The molecule has 1 saturated heterocycles. The number of alkyl halides is 3. The number of amides is 1. The lowest BCUT2D eigenvalue weighted by Gasteiger charge is -2.42. The Labute approximate surface area is 249 Å². The topological polar surface area (TPSA) is 119 Å². The lowest BCUT2D eigenvalue weighted by Crippen LogP contribution is -2.56. The van der Waals surface area contributed by atoms with Crippen LogP contribution in [0.25, 0.3) is 0 Å². The van der Waals surface area contributed by atoms with Gasteiger partial charge in [-0.15, -0.1) is 0 Å². The predicted octanol–water partition coefficient (Wildman–Crippen LogP) is 4.88. The molecule has 3 N–H and O–H groups in total. The van der Waals surface area contributed by atoms with Gasteiger partial charge in [0.05, 0.1) is 29.7 Å². The maximum Gasteiger partial charge on any atom is 0.416 e. The van der Waals surface area contributed by atoms with Gasteiger partial charge in [-0.25, -0.2) is 13.9 Å². The Morgan fingerprint density at radius 3 is 2.02 bits per heavy atom. The third kappa shape index (κ3) is 7.61. The zero-order chi connectivity index (χ0) is 30.7. The van der Waals surface area contributed by atoms with E-state index >= 15 is 0 Å². The molecular formula is C28H29BrF3N3O6S. The van der Waals surface area contributed by atoms with Crippen molar-refractivity contribution in [2.24, 2.45) is 0 Å². The molecule has 3 aromatic carbocycles. The number of ether oxygens (including phenoxy) is 1. The van der Waals surface area contributed by atoms with Gasteiger partial charge in [0.1, 0.15) is 17.5 Å². The lowest BCUT2D eigenvalue weighted by atomic mass is 9.84. The van der Waals surface area contributed by atoms with Crippen molar-refractivity contribution in [2.75, 3.05) is 30.2 Å². The van der Waals surface area contributed by atoms with Crippen molar-refractivity contribution in [2.45, 2.75) is 30.7 Å². The fourth-order valence-electron chi connectivity index (χ4n) is 4.81. The van der Waals surface area contributed by atoms with Gasteiger partial charge >= 0.3 is 6.18 Å². The Bertz CT molecular complexity index is 1480. The number of halogens is 4. The highest BCUT2D eigenvalue weighted by Crippen LogP contribution is 2.35. The fourth-order valence-corrected chi connectivity index (χ4v) is 5.99. The first kappa shape index (κ1) is 31.8. The molecule has 0 radical (unpaired) electrons. The second-order valence-corrected chi connectivity index (χ2v) is 12.8. The summed E-state index contributed by atoms with van der Waals surface area (Å²) in [5.41, 5.74) is 0.605. The summed E-state index contributed by atoms with van der Waals surface area (Å²) >= 11 is 3.37. The molecule has 0 aromatic heterocycles. The number of carbonyl (C=O) groups excluding carboxylic acids is 1. The zero-order valence-corrected chi connectivity index (χ0v) is 24.8. The number of hydrogen-bond donors (Lipinski definition) is 3. The Morgan fingerprint density at radius 2 is 1.55 bits per heavy atom. The summed E-state index contributed by atoms with van der Waals surface area (Å²) in [5.74, 6) is -0.400. The van der Waals surface area contributed by atoms with E-state index in [9.17, 15) is 36.7 Å². The first-order chi connectivity index (χ1) is 19.7. The third-order valence-electron chi connectivity index (χ3n) is 7.14. The summed E-state index contributed by atoms with van der Waals surface area (Å²) in [5, 5.41) is 20.7. The number of anilines is 1. The summed E-state index contributed by atoms with van der Waals surface area (Å²) in [6, 6.07) is 16.1. The van der Waals surface area contributed by atoms with Gasteiger partial charge in [0.2, 0.25) is 10.0 Å². The Balaban J connectivity index is 1.49. The second kappa shape index (κ2) is 12.6. The van der Waals surface area contributed by atoms with Crippen LogP contribution in [0.1, 0.15) is 24.0 Å². The van der Waals surface area contributed by atoms with E-state index in [2.05, 4.69) is 15.9 Å². The van der Waals surface area contributed by atoms with Crippen molar-refractivity contribution in [3.05, 3.63) is 88.4 Å². The highest BCUT2D eigenvalue weighted by Gasteiger charge is 2.39. The van der Waals surface area contributed by atoms with E-state index in [4.69, 9.17) is 4.74 Å². The van der Waals surface area contributed by atoms with Crippen molar-refractivity contribution in [1.29, 1.82) is 0 Å². The van der Waals surface area contributed by atoms with Gasteiger partial charge in [-0.2, -0.15) is 13.2 Å². The standard InChI is InChI=1S/C28H29BrF3N3O6S/c1-42(39,40)35(22-8-12-24(13-9-22)41-23-10-4-20(5-11-23)28(30,31)32)18-25(26(36)33-38)34-16-14-27(37,15-17-34)19-2-6-21(29)7-3-19/h2-13,25,37-38H,14-18H2,1H3,(H,33,36)/t25-/m0/s1. The van der Waals surface area contributed by atoms with Crippen LogP contribution in [0, 0.1) is 0 Å². The number of rotatable bonds is 9. The summed E-state index contributed by atoms with van der Waals surface area (Å²) in [7, 11) is -3.91. The first-order valence-corrected chi connectivity index (χ1v) is 15.4. The number of piperidine rings is 1. The van der Waals surface area contributed by atoms with Crippen LogP contribution in [0.2, 0.25) is 0 Å². The molecule has 0 aliphatic carbocycles. The minimum atomic E-state index is -4.48. The van der Waals surface area contributed by atoms with Crippen LogP contribution < -0.4 is 14.5 Å². The molecule has 14 heteroatoms. The van der Waals surface area contributed by atoms with Crippen LogP contribution >= 0.6 is 15.9 Å². The minimum absolute atomic E-state index is 0.156. The van der Waals surface area contributed by atoms with Crippen molar-refractivity contribution in [3.8, 4) is 11.5 Å². The average Bonchev–Trinajstić information content (AvgIpc) is 2.94. The van der Waals surface area contributed by atoms with Crippen LogP contribution in [0.5, 0.6) is 11.5 Å². The quantitative estimate of drug-likeness (QED) is 0.219. The summed E-state index contributed by atoms with van der Waals surface area (Å²) in [6.07, 6.45) is -2.94. The zero-order valence-electron chi connectivity index (χ0n) is 22.4. The average molecular weight is 673 g/mol. The van der Waals surface area contributed by atoms with Crippen molar-refractivity contribution in [3.63, 3.8) is 0 Å². The van der Waals surface area contributed by atoms with Crippen LogP contribution in [-0.2, 0) is 26.6 Å². The van der Waals surface area contributed by atoms with Gasteiger partial charge in [-0.05, 0) is 79.1 Å². The molecule has 1 fully saturated rings. The van der Waals surface area contributed by atoms with Crippen LogP contribution in [-0.4, -0.2) is 61.5 Å². The maximum absolute atomic E-state index is 12.8. The largest absolute Gasteiger partial charge is 0.457 e. The molecule has 0 spiro atoms. The van der Waals surface area contributed by atoms with Gasteiger partial charge in [0.25, 0.3) is 5.91 Å². The molecule has 1 amide bonds. The molecule has 0 unspecified atom stereocenters. The number of benzene rings is 3. The van der Waals surface area contributed by atoms with Crippen molar-refractivity contribution in [1.82, 2.24) is 10.4 Å². The molecule has 1 heterocycles. The number of hydrogen-bond acceptors (Lipinski definition) is 7. The highest BCUT2D eigenvalue weighted by atomic mass is 79.9. The maximum atomic E-state index is 12.8. The predicted molar refractivity (Wildman–Crippen MR) is 153 cm³/mol. The minimum Gasteiger partial charge on any atom is -0.457 e. The second-order valence-electron chi connectivity index (χ2n) is 9.98. The van der Waals surface area contributed by atoms with E-state index < -0.39 is 39.3 Å². The number of likely N-dealkylation sites (tertiary alicyclic amines) is 1. The molecule has 1 aliphatic heterocycles. The third-order valence-corrected chi connectivity index (χ3v) is 8.83. The van der Waals surface area contributed by atoms with Gasteiger partial charge in [0.15, 0.2) is 0 Å². The first-order valence-electron chi connectivity index (χ1n) is 12.8. The molecule has 0 bridgehead atoms. The monoisotopic (exact) mass is 671 g/mol. The molecule has 1 atom stereocenters. The molecular weight excluding hydrogens is 643 g/mol. The molecule has 0 saturated carbocycles. The summed E-state index contributed by atoms with van der Waals surface area (Å²) < 4.78 is 71.5. The van der Waals surface area contributed by atoms with Crippen LogP contribution in [0.15, 0.2) is 77.3 Å². The van der Waals surface area contributed by atoms with Crippen molar-refractivity contribution >= 4 is 37.5 Å². The molecule has 1 aliphatic rings. The summed E-state index contributed by atoms with van der Waals surface area (Å²) in [4.78, 5) is 14.4. The van der Waals surface area contributed by atoms with E-state index in [-0.39, 0.29) is 49.7 Å². The van der Waals surface area contributed by atoms with Gasteiger partial charge in [-0.1, -0.05) is 28.1 Å². The Morgan fingerprint density at radius 1 is 1.02 bits per heavy atom. The number of sulfonamides is 1. The van der Waals surface area contributed by atoms with Gasteiger partial charge in [-0.3, -0.25) is 19.2 Å². The number of carbonyl (C=O) groups is 1. The van der Waals surface area contributed by atoms with Gasteiger partial charge < -0.3 is 9.84 Å². The normalized spacial score (nSPS) is 16.5. The van der Waals surface area contributed by atoms with Gasteiger partial charge in [0, 0.05) is 17.6 Å². The van der Waals surface area contributed by atoms with Crippen LogP contribution in [0.4, 0.5) is 18.9 Å². The molecule has 9 nitrogen and oxygen atoms in total. The lowest BCUT2D eigenvalue weighted by molar-refractivity contribution is -0.137.